The Morgan fingerprint density at radius 2 is 1.77 bits per heavy atom. The zero-order valence-electron chi connectivity index (χ0n) is 35.4. The average molecular weight is 865 g/mol. The minimum absolute atomic E-state index is 0.0756. The lowest BCUT2D eigenvalue weighted by Gasteiger charge is -2.58. The van der Waals surface area contributed by atoms with E-state index in [9.17, 15) is 24.0 Å². The van der Waals surface area contributed by atoms with Crippen LogP contribution in [0.2, 0.25) is 5.02 Å². The van der Waals surface area contributed by atoms with Crippen molar-refractivity contribution in [3.8, 4) is 5.75 Å². The first kappa shape index (κ1) is 41.6. The fourth-order valence-electron chi connectivity index (χ4n) is 10.1. The Morgan fingerprint density at radius 1 is 1.00 bits per heavy atom. The van der Waals surface area contributed by atoms with Gasteiger partial charge in [-0.3, -0.25) is 29.3 Å². The number of nitrogens with zero attached hydrogens (tertiary/aromatic N) is 7. The smallest absolute Gasteiger partial charge is 0.293 e. The van der Waals surface area contributed by atoms with E-state index in [4.69, 9.17) is 21.3 Å². The fraction of sp³-hybridized carbons (Fsp3) is 0.489. The highest BCUT2D eigenvalue weighted by Gasteiger charge is 2.49. The zero-order chi connectivity index (χ0) is 43.3. The predicted octanol–water partition coefficient (Wildman–Crippen LogP) is 4.62. The number of hydrogen-bond donors (Lipinski definition) is 3. The lowest BCUT2D eigenvalue weighted by atomic mass is 9.75. The molecule has 2 aromatic heterocycles. The quantitative estimate of drug-likeness (QED) is 0.179. The molecule has 4 fully saturated rings. The molecule has 16 nitrogen and oxygen atoms in total. The number of ether oxygens (including phenoxy) is 1. The van der Waals surface area contributed by atoms with Crippen molar-refractivity contribution in [1.82, 2.24) is 35.0 Å². The number of halogens is 1. The second-order valence-corrected chi connectivity index (χ2v) is 18.0. The summed E-state index contributed by atoms with van der Waals surface area (Å²) in [4.78, 5) is 81.5. The summed E-state index contributed by atoms with van der Waals surface area (Å²) < 4.78 is 7.28. The van der Waals surface area contributed by atoms with E-state index >= 15 is 0 Å². The molecule has 0 radical (unpaired) electrons. The Hall–Kier alpha value is -5.74. The Morgan fingerprint density at radius 3 is 2.48 bits per heavy atom. The Balaban J connectivity index is 0.799. The first-order valence-electron chi connectivity index (χ1n) is 21.7. The summed E-state index contributed by atoms with van der Waals surface area (Å²) in [5, 5.41) is 9.42. The van der Waals surface area contributed by atoms with E-state index in [1.165, 1.54) is 7.05 Å². The van der Waals surface area contributed by atoms with Gasteiger partial charge in [-0.1, -0.05) is 17.7 Å². The maximum atomic E-state index is 13.5. The third kappa shape index (κ3) is 7.82. The number of anilines is 4. The maximum Gasteiger partial charge on any atom is 0.293 e. The number of hydrogen-bond acceptors (Lipinski definition) is 12. The molecule has 1 spiro atoms. The van der Waals surface area contributed by atoms with E-state index in [0.717, 1.165) is 99.2 Å². The molecule has 7 heterocycles. The van der Waals surface area contributed by atoms with Crippen molar-refractivity contribution in [3.63, 3.8) is 0 Å². The molecule has 62 heavy (non-hydrogen) atoms. The number of likely N-dealkylation sites (tertiary alicyclic amines) is 1. The van der Waals surface area contributed by atoms with Gasteiger partial charge in [0.05, 0.1) is 11.7 Å². The molecule has 0 aliphatic carbocycles. The molecule has 0 saturated carbocycles. The van der Waals surface area contributed by atoms with Crippen LogP contribution in [0.1, 0.15) is 80.8 Å². The van der Waals surface area contributed by atoms with Gasteiger partial charge in [0.2, 0.25) is 17.8 Å². The van der Waals surface area contributed by atoms with Crippen molar-refractivity contribution in [3.05, 3.63) is 75.2 Å². The van der Waals surface area contributed by atoms with Crippen molar-refractivity contribution in [2.75, 3.05) is 68.0 Å². The van der Waals surface area contributed by atoms with Crippen molar-refractivity contribution in [2.24, 2.45) is 5.92 Å². The molecule has 1 atom stereocenters. The summed E-state index contributed by atoms with van der Waals surface area (Å²) in [7, 11) is 1.52. The highest BCUT2D eigenvalue weighted by atomic mass is 35.5. The summed E-state index contributed by atoms with van der Waals surface area (Å²) in [6.45, 7) is 9.72. The number of pyridine rings is 1. The molecule has 17 heteroatoms. The third-order valence-corrected chi connectivity index (χ3v) is 13.9. The van der Waals surface area contributed by atoms with Crippen LogP contribution in [-0.2, 0) is 20.9 Å². The highest BCUT2D eigenvalue weighted by molar-refractivity contribution is 6.33. The molecule has 3 N–H and O–H groups in total. The van der Waals surface area contributed by atoms with Crippen LogP contribution in [0, 0.1) is 5.92 Å². The largest absolute Gasteiger partial charge is 0.478 e. The molecular weight excluding hydrogens is 812 g/mol. The number of carbonyl (C=O) groups excluding carboxylic acids is 4. The monoisotopic (exact) mass is 864 g/mol. The van der Waals surface area contributed by atoms with Crippen LogP contribution < -0.4 is 36.0 Å². The maximum absolute atomic E-state index is 13.5. The number of fused-ring (bicyclic) bond motifs is 2. The predicted molar refractivity (Wildman–Crippen MR) is 236 cm³/mol. The van der Waals surface area contributed by atoms with Gasteiger partial charge in [-0.05, 0) is 94.7 Å². The summed E-state index contributed by atoms with van der Waals surface area (Å²) in [5.41, 5.74) is 4.01. The van der Waals surface area contributed by atoms with Gasteiger partial charge in [0.1, 0.15) is 11.1 Å². The van der Waals surface area contributed by atoms with Crippen molar-refractivity contribution in [2.45, 2.75) is 83.0 Å². The summed E-state index contributed by atoms with van der Waals surface area (Å²) in [6, 6.07) is 12.5. The van der Waals surface area contributed by atoms with Gasteiger partial charge < -0.3 is 39.5 Å². The van der Waals surface area contributed by atoms with E-state index in [1.54, 1.807) is 21.7 Å². The molecular formula is C45H53ClN10O6. The lowest BCUT2D eigenvalue weighted by Crippen LogP contribution is -2.65. The second kappa shape index (κ2) is 16.9. The van der Waals surface area contributed by atoms with Crippen molar-refractivity contribution >= 4 is 69.3 Å². The Bertz CT molecular complexity index is 2490. The minimum Gasteiger partial charge on any atom is -0.478 e. The van der Waals surface area contributed by atoms with Gasteiger partial charge in [0.15, 0.2) is 18.2 Å². The van der Waals surface area contributed by atoms with E-state index in [2.05, 4.69) is 41.7 Å². The van der Waals surface area contributed by atoms with Gasteiger partial charge >= 0.3 is 0 Å². The summed E-state index contributed by atoms with van der Waals surface area (Å²) in [5.74, 6) is 0.645. The minimum atomic E-state index is -0.620. The van der Waals surface area contributed by atoms with E-state index in [-0.39, 0.29) is 59.5 Å². The molecule has 4 saturated heterocycles. The molecule has 5 aliphatic heterocycles. The van der Waals surface area contributed by atoms with Crippen LogP contribution in [0.15, 0.2) is 53.5 Å². The first-order valence-corrected chi connectivity index (χ1v) is 22.1. The number of nitrogens with one attached hydrogen (secondary N) is 3. The van der Waals surface area contributed by atoms with Crippen LogP contribution in [-0.4, -0.2) is 112 Å². The number of benzene rings is 2. The number of amides is 4. The third-order valence-electron chi connectivity index (χ3n) is 13.6. The van der Waals surface area contributed by atoms with Crippen LogP contribution in [0.5, 0.6) is 5.75 Å². The normalized spacial score (nSPS) is 20.4. The van der Waals surface area contributed by atoms with Gasteiger partial charge in [0.25, 0.3) is 17.4 Å². The highest BCUT2D eigenvalue weighted by Crippen LogP contribution is 2.46. The molecule has 9 rings (SSSR count). The van der Waals surface area contributed by atoms with Crippen LogP contribution in [0.4, 0.5) is 23.1 Å². The van der Waals surface area contributed by atoms with Crippen LogP contribution in [0.3, 0.4) is 0 Å². The topological polar surface area (TPSA) is 174 Å². The standard InChI is InChI=1S/C45H53ClN10O6/c1-27(2)56-34-8-7-30(21-29(34)22-37(43(56)61)62-26-39(58)47-3)49-40-33(46)23-48-44(51-40)53-16-11-28(12-17-53)24-52-18-13-45(14-19-52)15-20-55(45)35-6-4-5-31-32(35)25-54(42(31)60)36-9-10-38(57)50-41(36)59/h4-8,21-23,27-28,36H,9-20,24-26H2,1-3H3,(H,47,58)(H,48,49,51)(H,50,57,59). The second-order valence-electron chi connectivity index (χ2n) is 17.6. The molecule has 1 unspecified atom stereocenters. The fourth-order valence-corrected chi connectivity index (χ4v) is 10.2. The number of imide groups is 1. The average Bonchev–Trinajstić information content (AvgIpc) is 3.59. The van der Waals surface area contributed by atoms with Crippen molar-refractivity contribution in [1.29, 1.82) is 0 Å². The number of piperidine rings is 3. The van der Waals surface area contributed by atoms with Gasteiger partial charge in [-0.2, -0.15) is 4.98 Å². The van der Waals surface area contributed by atoms with E-state index in [0.29, 0.717) is 41.2 Å². The van der Waals surface area contributed by atoms with Crippen LogP contribution >= 0.6 is 11.6 Å². The SMILES string of the molecule is CNC(=O)COc1cc2cc(Nc3nc(N4CCC(CN5CCC6(CC5)CCN6c5cccc6c5CN(C5CCC(=O)NC5=O)C6=O)CC4)ncc3Cl)ccc2n(C(C)C)c1=O. The van der Waals surface area contributed by atoms with E-state index in [1.807, 2.05) is 44.2 Å². The lowest BCUT2D eigenvalue weighted by molar-refractivity contribution is -0.137. The molecule has 4 amide bonds. The number of likely N-dealkylation sites (N-methyl/N-ethyl adjacent to an activating group) is 1. The summed E-state index contributed by atoms with van der Waals surface area (Å²) >= 11 is 6.63. The van der Waals surface area contributed by atoms with Crippen LogP contribution in [0.25, 0.3) is 10.9 Å². The Kier molecular flexibility index (Phi) is 11.3. The number of carbonyl (C=O) groups is 4. The van der Waals surface area contributed by atoms with Gasteiger partial charge in [-0.15, -0.1) is 0 Å². The van der Waals surface area contributed by atoms with Gasteiger partial charge in [0, 0.05) is 98.8 Å². The molecule has 5 aliphatic rings. The Labute approximate surface area is 364 Å². The number of aromatic nitrogens is 3. The van der Waals surface area contributed by atoms with Crippen molar-refractivity contribution < 1.29 is 23.9 Å². The van der Waals surface area contributed by atoms with E-state index < -0.39 is 6.04 Å². The molecule has 4 aromatic rings. The molecule has 0 bridgehead atoms. The molecule has 2 aromatic carbocycles. The summed E-state index contributed by atoms with van der Waals surface area (Å²) in [6.07, 6.45) is 7.55. The molecule has 326 valence electrons. The first-order chi connectivity index (χ1) is 29.9. The number of rotatable bonds is 11. The zero-order valence-corrected chi connectivity index (χ0v) is 36.2. The van der Waals surface area contributed by atoms with Gasteiger partial charge in [-0.25, -0.2) is 4.98 Å².